The number of amides is 1. The number of rotatable bonds is 6. The van der Waals surface area contributed by atoms with E-state index in [0.29, 0.717) is 32.4 Å². The molecule has 140 valence electrons. The fourth-order valence-electron chi connectivity index (χ4n) is 3.31. The molecule has 0 radical (unpaired) electrons. The van der Waals surface area contributed by atoms with Crippen LogP contribution in [-0.4, -0.2) is 51.0 Å². The highest BCUT2D eigenvalue weighted by molar-refractivity contribution is 5.76. The summed E-state index contributed by atoms with van der Waals surface area (Å²) in [7, 11) is 1.87. The van der Waals surface area contributed by atoms with Gasteiger partial charge in [0.05, 0.1) is 12.7 Å². The zero-order chi connectivity index (χ0) is 18.6. The maximum absolute atomic E-state index is 12.5. The van der Waals surface area contributed by atoms with Crippen LogP contribution in [0.25, 0.3) is 0 Å². The molecule has 1 saturated heterocycles. The quantitative estimate of drug-likeness (QED) is 0.860. The average Bonchev–Trinajstić information content (AvgIpc) is 3.05. The minimum Gasteiger partial charge on any atom is -0.491 e. The first kappa shape index (κ1) is 18.5. The molecule has 1 aromatic heterocycles. The van der Waals surface area contributed by atoms with Crippen molar-refractivity contribution in [3.63, 3.8) is 0 Å². The predicted octanol–water partition coefficient (Wildman–Crippen LogP) is 2.09. The molecule has 1 unspecified atom stereocenters. The van der Waals surface area contributed by atoms with Crippen molar-refractivity contribution in [2.75, 3.05) is 19.7 Å². The van der Waals surface area contributed by atoms with Crippen LogP contribution in [-0.2, 0) is 18.3 Å². The molecule has 0 spiro atoms. The highest BCUT2D eigenvalue weighted by Gasteiger charge is 2.35. The number of carbonyl (C=O) groups excluding carboxylic acids is 1. The summed E-state index contributed by atoms with van der Waals surface area (Å²) < 4.78 is 7.50. The Morgan fingerprint density at radius 1 is 1.35 bits per heavy atom. The van der Waals surface area contributed by atoms with Crippen molar-refractivity contribution >= 4 is 5.91 Å². The largest absolute Gasteiger partial charge is 0.491 e. The molecule has 1 aromatic carbocycles. The Kier molecular flexibility index (Phi) is 5.61. The van der Waals surface area contributed by atoms with E-state index in [2.05, 4.69) is 5.10 Å². The normalized spacial score (nSPS) is 20.2. The molecule has 1 atom stereocenters. The number of likely N-dealkylation sites (tertiary alicyclic amines) is 1. The van der Waals surface area contributed by atoms with E-state index in [9.17, 15) is 9.90 Å². The Balaban J connectivity index is 1.51. The van der Waals surface area contributed by atoms with Crippen molar-refractivity contribution in [3.05, 3.63) is 47.8 Å². The summed E-state index contributed by atoms with van der Waals surface area (Å²) in [5.41, 5.74) is 1.22. The van der Waals surface area contributed by atoms with Gasteiger partial charge in [-0.3, -0.25) is 9.48 Å². The Morgan fingerprint density at radius 2 is 2.12 bits per heavy atom. The number of nitrogens with zero attached hydrogens (tertiary/aromatic N) is 3. The van der Waals surface area contributed by atoms with Gasteiger partial charge in [-0.1, -0.05) is 17.7 Å². The first-order valence-electron chi connectivity index (χ1n) is 9.11. The summed E-state index contributed by atoms with van der Waals surface area (Å²) in [4.78, 5) is 14.3. The van der Waals surface area contributed by atoms with Gasteiger partial charge in [-0.05, 0) is 43.9 Å². The SMILES string of the molecule is Cc1ccc(OCC2(O)CCCN(C(=O)CCc3cnn(C)c3)C2)cc1. The van der Waals surface area contributed by atoms with Gasteiger partial charge in [0.25, 0.3) is 0 Å². The summed E-state index contributed by atoms with van der Waals surface area (Å²) in [6, 6.07) is 7.76. The molecule has 0 bridgehead atoms. The molecule has 26 heavy (non-hydrogen) atoms. The molecule has 1 aliphatic rings. The second-order valence-electron chi connectivity index (χ2n) is 7.27. The molecular formula is C20H27N3O3. The number of ether oxygens (including phenoxy) is 1. The van der Waals surface area contributed by atoms with Gasteiger partial charge in [-0.2, -0.15) is 5.10 Å². The topological polar surface area (TPSA) is 67.6 Å². The number of aryl methyl sites for hydroxylation is 3. The zero-order valence-electron chi connectivity index (χ0n) is 15.5. The average molecular weight is 357 g/mol. The maximum Gasteiger partial charge on any atom is 0.223 e. The number of piperidine rings is 1. The lowest BCUT2D eigenvalue weighted by Gasteiger charge is -2.39. The van der Waals surface area contributed by atoms with Crippen LogP contribution in [0.3, 0.4) is 0 Å². The van der Waals surface area contributed by atoms with E-state index in [-0.39, 0.29) is 12.5 Å². The van der Waals surface area contributed by atoms with Crippen LogP contribution in [0.1, 0.15) is 30.4 Å². The highest BCUT2D eigenvalue weighted by Crippen LogP contribution is 2.24. The van der Waals surface area contributed by atoms with Gasteiger partial charge in [0.1, 0.15) is 18.0 Å². The minimum absolute atomic E-state index is 0.0716. The van der Waals surface area contributed by atoms with Gasteiger partial charge >= 0.3 is 0 Å². The smallest absolute Gasteiger partial charge is 0.223 e. The van der Waals surface area contributed by atoms with E-state index in [4.69, 9.17) is 4.74 Å². The fourth-order valence-corrected chi connectivity index (χ4v) is 3.31. The summed E-state index contributed by atoms with van der Waals surface area (Å²) in [6.07, 6.45) is 6.24. The Hall–Kier alpha value is -2.34. The number of hydrogen-bond acceptors (Lipinski definition) is 4. The maximum atomic E-state index is 12.5. The molecule has 0 saturated carbocycles. The number of aromatic nitrogens is 2. The summed E-state index contributed by atoms with van der Waals surface area (Å²) in [5, 5.41) is 15.0. The third kappa shape index (κ3) is 4.85. The Labute approximate surface area is 154 Å². The zero-order valence-corrected chi connectivity index (χ0v) is 15.5. The highest BCUT2D eigenvalue weighted by atomic mass is 16.5. The van der Waals surface area contributed by atoms with Crippen LogP contribution in [0.4, 0.5) is 0 Å². The van der Waals surface area contributed by atoms with Crippen molar-refractivity contribution in [2.45, 2.75) is 38.2 Å². The van der Waals surface area contributed by atoms with E-state index in [1.165, 1.54) is 5.56 Å². The molecule has 0 aliphatic carbocycles. The van der Waals surface area contributed by atoms with Crippen molar-refractivity contribution in [1.29, 1.82) is 0 Å². The van der Waals surface area contributed by atoms with Gasteiger partial charge in [-0.25, -0.2) is 0 Å². The van der Waals surface area contributed by atoms with Crippen LogP contribution in [0.15, 0.2) is 36.7 Å². The number of benzene rings is 1. The number of aliphatic hydroxyl groups is 1. The number of hydrogen-bond donors (Lipinski definition) is 1. The Morgan fingerprint density at radius 3 is 2.81 bits per heavy atom. The first-order valence-corrected chi connectivity index (χ1v) is 9.11. The number of carbonyl (C=O) groups is 1. The van der Waals surface area contributed by atoms with E-state index in [1.807, 2.05) is 44.4 Å². The molecule has 2 aromatic rings. The van der Waals surface area contributed by atoms with Crippen LogP contribution < -0.4 is 4.74 Å². The molecule has 1 amide bonds. The first-order chi connectivity index (χ1) is 12.4. The van der Waals surface area contributed by atoms with E-state index >= 15 is 0 Å². The lowest BCUT2D eigenvalue weighted by atomic mass is 9.93. The molecule has 6 heteroatoms. The van der Waals surface area contributed by atoms with Gasteiger partial charge < -0.3 is 14.7 Å². The fraction of sp³-hybridized carbons (Fsp3) is 0.500. The molecule has 2 heterocycles. The van der Waals surface area contributed by atoms with E-state index < -0.39 is 5.60 Å². The van der Waals surface area contributed by atoms with Gasteiger partial charge in [-0.15, -0.1) is 0 Å². The third-order valence-electron chi connectivity index (χ3n) is 4.82. The van der Waals surface area contributed by atoms with E-state index in [1.54, 1.807) is 15.8 Å². The molecule has 1 N–H and O–H groups in total. The molecular weight excluding hydrogens is 330 g/mol. The standard InChI is InChI=1S/C20H27N3O3/c1-16-4-7-18(8-5-16)26-15-20(25)10-3-11-23(14-20)19(24)9-6-17-12-21-22(2)13-17/h4-5,7-8,12-13,25H,3,6,9-11,14-15H2,1-2H3. The van der Waals surface area contributed by atoms with Crippen LogP contribution >= 0.6 is 0 Å². The summed E-state index contributed by atoms with van der Waals surface area (Å²) in [5.74, 6) is 0.811. The molecule has 1 aliphatic heterocycles. The van der Waals surface area contributed by atoms with Crippen molar-refractivity contribution in [1.82, 2.24) is 14.7 Å². The van der Waals surface area contributed by atoms with Gasteiger partial charge in [0, 0.05) is 26.2 Å². The van der Waals surface area contributed by atoms with Gasteiger partial charge in [0.15, 0.2) is 0 Å². The van der Waals surface area contributed by atoms with Crippen molar-refractivity contribution in [3.8, 4) is 5.75 Å². The van der Waals surface area contributed by atoms with Crippen LogP contribution in [0.2, 0.25) is 0 Å². The second kappa shape index (κ2) is 7.91. The minimum atomic E-state index is -0.993. The van der Waals surface area contributed by atoms with Gasteiger partial charge in [0.2, 0.25) is 5.91 Å². The predicted molar refractivity (Wildman–Crippen MR) is 99.0 cm³/mol. The van der Waals surface area contributed by atoms with Crippen LogP contribution in [0.5, 0.6) is 5.75 Å². The molecule has 1 fully saturated rings. The van der Waals surface area contributed by atoms with Crippen LogP contribution in [0, 0.1) is 6.92 Å². The van der Waals surface area contributed by atoms with Crippen molar-refractivity contribution in [2.24, 2.45) is 7.05 Å². The molecule has 3 rings (SSSR count). The number of β-amino-alcohol motifs (C(OH)–C–C–N with tert-alkyl or cyclic N) is 1. The summed E-state index contributed by atoms with van der Waals surface area (Å²) in [6.45, 7) is 3.24. The Bertz CT molecular complexity index is 741. The van der Waals surface area contributed by atoms with Crippen molar-refractivity contribution < 1.29 is 14.6 Å². The lowest BCUT2D eigenvalue weighted by Crippen LogP contribution is -2.53. The monoisotopic (exact) mass is 357 g/mol. The second-order valence-corrected chi connectivity index (χ2v) is 7.27. The summed E-state index contributed by atoms with van der Waals surface area (Å²) >= 11 is 0. The molecule has 6 nitrogen and oxygen atoms in total. The lowest BCUT2D eigenvalue weighted by molar-refractivity contribution is -0.140. The third-order valence-corrected chi connectivity index (χ3v) is 4.82. The van der Waals surface area contributed by atoms with E-state index in [0.717, 1.165) is 17.7 Å².